The minimum absolute atomic E-state index is 0.0922. The molecule has 0 fully saturated rings. The molecule has 8 aromatic carbocycles. The van der Waals surface area contributed by atoms with Gasteiger partial charge in [-0.05, 0) is 28.8 Å². The molecule has 3 nitrogen and oxygen atoms in total. The van der Waals surface area contributed by atoms with E-state index in [1.54, 1.807) is 22.7 Å². The predicted molar refractivity (Wildman–Crippen MR) is 232 cm³/mol. The van der Waals surface area contributed by atoms with E-state index in [0.29, 0.717) is 27.9 Å². The maximum absolute atomic E-state index is 11.8. The second-order valence-corrected chi connectivity index (χ2v) is 15.5. The summed E-state index contributed by atoms with van der Waals surface area (Å²) in [6.45, 7) is 0. The summed E-state index contributed by atoms with van der Waals surface area (Å²) in [5, 5.41) is 29.8. The van der Waals surface area contributed by atoms with E-state index in [1.165, 1.54) is 0 Å². The Labute approximate surface area is 331 Å². The molecule has 3 aromatic heterocycles. The fourth-order valence-electron chi connectivity index (χ4n) is 8.35. The molecule has 0 N–H and O–H groups in total. The van der Waals surface area contributed by atoms with Crippen LogP contribution < -0.4 is 0 Å². The molecule has 0 radical (unpaired) electrons. The van der Waals surface area contributed by atoms with E-state index in [9.17, 15) is 13.3 Å². The fraction of sp³-hybridized carbons (Fsp3) is 0. The summed E-state index contributed by atoms with van der Waals surface area (Å²) in [6, 6.07) is 46.5. The minimum Gasteiger partial charge on any atom is -0.304 e. The molecule has 5 heteroatoms. The SMILES string of the molecule is [2H]c1c([2H])c([2H])c(-c2c(C#N)c(-c3ccccc3)c(-n3c4c(ccc5c6ccccc6sc54)c4ccc5c6ccccc6sc5c43)c(C#N)c2-c2ccccc2)c([2H])c1[2H]. The minimum atomic E-state index is -0.543. The van der Waals surface area contributed by atoms with Gasteiger partial charge in [0.25, 0.3) is 0 Å². The number of aromatic nitrogens is 1. The molecule has 0 saturated heterocycles. The average Bonchev–Trinajstić information content (AvgIpc) is 3.97. The van der Waals surface area contributed by atoms with Crippen molar-refractivity contribution in [3.05, 3.63) is 175 Å². The number of hydrogen-bond acceptors (Lipinski definition) is 4. The summed E-state index contributed by atoms with van der Waals surface area (Å²) in [4.78, 5) is 0. The first kappa shape index (κ1) is 26.7. The van der Waals surface area contributed by atoms with Crippen molar-refractivity contribution >= 4 is 84.8 Å². The third kappa shape index (κ3) is 4.52. The molecule has 11 rings (SSSR count). The van der Waals surface area contributed by atoms with Crippen LogP contribution in [0.3, 0.4) is 0 Å². The molecule has 11 aromatic rings. The normalized spacial score (nSPS) is 12.9. The van der Waals surface area contributed by atoms with E-state index in [-0.39, 0.29) is 22.3 Å². The zero-order valence-corrected chi connectivity index (χ0v) is 30.5. The van der Waals surface area contributed by atoms with Crippen molar-refractivity contribution in [1.82, 2.24) is 4.57 Å². The third-order valence-electron chi connectivity index (χ3n) is 10.6. The molecule has 0 bridgehead atoms. The molecule has 254 valence electrons. The van der Waals surface area contributed by atoms with Crippen molar-refractivity contribution in [3.8, 4) is 51.2 Å². The first-order valence-corrected chi connectivity index (χ1v) is 19.4. The van der Waals surface area contributed by atoms with Crippen molar-refractivity contribution < 1.29 is 6.85 Å². The van der Waals surface area contributed by atoms with Gasteiger partial charge in [0.1, 0.15) is 12.1 Å². The van der Waals surface area contributed by atoms with Crippen molar-refractivity contribution in [2.45, 2.75) is 0 Å². The Kier molecular flexibility index (Phi) is 5.95. The van der Waals surface area contributed by atoms with E-state index in [2.05, 4.69) is 65.2 Å². The summed E-state index contributed by atoms with van der Waals surface area (Å²) in [5.41, 5.74) is 4.45. The first-order valence-electron chi connectivity index (χ1n) is 20.2. The van der Waals surface area contributed by atoms with Crippen LogP contribution in [-0.2, 0) is 0 Å². The van der Waals surface area contributed by atoms with Crippen LogP contribution in [-0.4, -0.2) is 4.57 Å². The molecule has 55 heavy (non-hydrogen) atoms. The number of benzene rings is 8. The van der Waals surface area contributed by atoms with Crippen molar-refractivity contribution in [2.75, 3.05) is 0 Å². The van der Waals surface area contributed by atoms with Gasteiger partial charge in [0.05, 0.1) is 44.1 Å². The summed E-state index contributed by atoms with van der Waals surface area (Å²) in [7, 11) is 0. The molecule has 0 aliphatic rings. The fourth-order valence-corrected chi connectivity index (χ4v) is 10.8. The first-order chi connectivity index (χ1) is 29.3. The van der Waals surface area contributed by atoms with Crippen molar-refractivity contribution in [3.63, 3.8) is 0 Å². The molecule has 0 saturated carbocycles. The Bertz CT molecular complexity index is 3580. The maximum atomic E-state index is 11.8. The molecule has 0 aliphatic carbocycles. The van der Waals surface area contributed by atoms with Gasteiger partial charge in [-0.3, -0.25) is 0 Å². The Balaban J connectivity index is 1.48. The van der Waals surface area contributed by atoms with Crippen LogP contribution in [0.15, 0.2) is 164 Å². The number of fused-ring (bicyclic) bond motifs is 11. The van der Waals surface area contributed by atoms with Gasteiger partial charge in [0.2, 0.25) is 0 Å². The number of hydrogen-bond donors (Lipinski definition) is 0. The smallest absolute Gasteiger partial charge is 0.102 e. The van der Waals surface area contributed by atoms with E-state index in [4.69, 9.17) is 4.11 Å². The van der Waals surface area contributed by atoms with Crippen LogP contribution in [0.4, 0.5) is 0 Å². The molecule has 3 heterocycles. The van der Waals surface area contributed by atoms with E-state index < -0.39 is 30.2 Å². The lowest BCUT2D eigenvalue weighted by Crippen LogP contribution is -2.08. The quantitative estimate of drug-likeness (QED) is 0.180. The van der Waals surface area contributed by atoms with E-state index in [0.717, 1.165) is 62.2 Å². The Morgan fingerprint density at radius 1 is 0.436 bits per heavy atom. The zero-order valence-electron chi connectivity index (χ0n) is 33.9. The van der Waals surface area contributed by atoms with Gasteiger partial charge >= 0.3 is 0 Å². The summed E-state index contributed by atoms with van der Waals surface area (Å²) in [5.74, 6) is 0. The summed E-state index contributed by atoms with van der Waals surface area (Å²) < 4.78 is 50.9. The summed E-state index contributed by atoms with van der Waals surface area (Å²) >= 11 is 3.37. The van der Waals surface area contributed by atoms with Gasteiger partial charge in [-0.15, -0.1) is 22.7 Å². The number of rotatable bonds is 4. The van der Waals surface area contributed by atoms with E-state index >= 15 is 0 Å². The topological polar surface area (TPSA) is 52.5 Å². The number of thiophene rings is 2. The van der Waals surface area contributed by atoms with Crippen LogP contribution in [0.2, 0.25) is 0 Å². The maximum Gasteiger partial charge on any atom is 0.102 e. The zero-order chi connectivity index (χ0) is 41.0. The van der Waals surface area contributed by atoms with Gasteiger partial charge in [-0.2, -0.15) is 10.5 Å². The summed E-state index contributed by atoms with van der Waals surface area (Å²) in [6.07, 6.45) is 0. The molecule has 0 atom stereocenters. The lowest BCUT2D eigenvalue weighted by molar-refractivity contribution is 1.18. The van der Waals surface area contributed by atoms with Gasteiger partial charge in [-0.25, -0.2) is 0 Å². The highest BCUT2D eigenvalue weighted by molar-refractivity contribution is 7.27. The van der Waals surface area contributed by atoms with Crippen LogP contribution >= 0.6 is 22.7 Å². The highest BCUT2D eigenvalue weighted by atomic mass is 32.1. The average molecular weight is 739 g/mol. The van der Waals surface area contributed by atoms with Crippen LogP contribution in [0, 0.1) is 22.7 Å². The predicted octanol–water partition coefficient (Wildman–Crippen LogP) is 14.3. The molecule has 0 unspecified atom stereocenters. The van der Waals surface area contributed by atoms with Gasteiger partial charge in [0.15, 0.2) is 0 Å². The number of nitrogens with zero attached hydrogens (tertiary/aromatic N) is 3. The van der Waals surface area contributed by atoms with Crippen LogP contribution in [0.5, 0.6) is 0 Å². The highest BCUT2D eigenvalue weighted by Gasteiger charge is 2.31. The Hall–Kier alpha value is -7.02. The second kappa shape index (κ2) is 12.3. The number of nitriles is 2. The van der Waals surface area contributed by atoms with Gasteiger partial charge in [0, 0.05) is 58.4 Å². The standard InChI is InChI=1S/C50H27N3S2/c51-28-39-43(30-14-4-1-5-15-30)44(31-16-6-2-7-17-31)40(29-52)46(45(39)32-18-8-3-9-19-32)53-47-35(24-26-37-33-20-10-12-22-41(33)54-49(37)47)36-25-27-38-34-21-11-13-23-42(34)55-50(38)48(36)53/h1-27H/i1D,4D,5D,14D,15D. The Morgan fingerprint density at radius 2 is 0.891 bits per heavy atom. The third-order valence-corrected chi connectivity index (χ3v) is 13.0. The molecular formula is C50H27N3S2. The van der Waals surface area contributed by atoms with Crippen LogP contribution in [0.25, 0.3) is 101 Å². The lowest BCUT2D eigenvalue weighted by Gasteiger charge is -2.24. The molecule has 0 amide bonds. The van der Waals surface area contributed by atoms with Crippen molar-refractivity contribution in [1.29, 1.82) is 10.5 Å². The lowest BCUT2D eigenvalue weighted by atomic mass is 9.81. The molecular weight excluding hydrogens is 707 g/mol. The largest absolute Gasteiger partial charge is 0.304 e. The highest BCUT2D eigenvalue weighted by Crippen LogP contribution is 2.52. The van der Waals surface area contributed by atoms with Crippen molar-refractivity contribution in [2.24, 2.45) is 0 Å². The Morgan fingerprint density at radius 3 is 1.42 bits per heavy atom. The molecule has 0 aliphatic heterocycles. The second-order valence-electron chi connectivity index (χ2n) is 13.4. The monoisotopic (exact) mass is 738 g/mol. The van der Waals surface area contributed by atoms with Gasteiger partial charge < -0.3 is 4.57 Å². The molecule has 0 spiro atoms. The van der Waals surface area contributed by atoms with Gasteiger partial charge in [-0.1, -0.05) is 152 Å². The van der Waals surface area contributed by atoms with Crippen LogP contribution in [0.1, 0.15) is 18.0 Å². The van der Waals surface area contributed by atoms with E-state index in [1.807, 2.05) is 84.9 Å².